The van der Waals surface area contributed by atoms with Crippen molar-refractivity contribution in [2.75, 3.05) is 0 Å². The van der Waals surface area contributed by atoms with Gasteiger partial charge in [0.15, 0.2) is 0 Å². The number of carbonyl (C=O) groups is 1. The van der Waals surface area contributed by atoms with E-state index in [-0.39, 0.29) is 30.0 Å². The lowest BCUT2D eigenvalue weighted by Gasteiger charge is -2.25. The third kappa shape index (κ3) is 4.87. The average Bonchev–Trinajstić information content (AvgIpc) is 2.80. The van der Waals surface area contributed by atoms with Crippen LogP contribution < -0.4 is 10.9 Å². The first-order valence-electron chi connectivity index (χ1n) is 11.4. The number of nitrogens with one attached hydrogen (secondary N) is 1. The molecule has 1 fully saturated rings. The smallest absolute Gasteiger partial charge is 0.275 e. The molecule has 0 radical (unpaired) electrons. The Kier molecular flexibility index (Phi) is 6.50. The quantitative estimate of drug-likeness (QED) is 0.617. The van der Waals surface area contributed by atoms with Crippen LogP contribution in [-0.2, 0) is 11.3 Å². The van der Waals surface area contributed by atoms with Gasteiger partial charge in [0.1, 0.15) is 6.54 Å². The van der Waals surface area contributed by atoms with Gasteiger partial charge in [0.25, 0.3) is 5.56 Å². The molecule has 1 amide bonds. The predicted molar refractivity (Wildman–Crippen MR) is 124 cm³/mol. The molecule has 3 aromatic rings. The maximum Gasteiger partial charge on any atom is 0.275 e. The third-order valence-corrected chi connectivity index (χ3v) is 6.41. The number of nitrogens with zero attached hydrogens (tertiary/aromatic N) is 2. The Bertz CT molecular complexity index is 1100. The summed E-state index contributed by atoms with van der Waals surface area (Å²) in [6.07, 6.45) is 8.17. The van der Waals surface area contributed by atoms with Crippen molar-refractivity contribution >= 4 is 16.7 Å². The van der Waals surface area contributed by atoms with Gasteiger partial charge in [-0.3, -0.25) is 9.59 Å². The normalized spacial score (nSPS) is 15.8. The van der Waals surface area contributed by atoms with Gasteiger partial charge in [-0.05, 0) is 41.9 Å². The van der Waals surface area contributed by atoms with Crippen molar-refractivity contribution in [3.8, 4) is 0 Å². The summed E-state index contributed by atoms with van der Waals surface area (Å²) in [5, 5.41) is 8.65. The van der Waals surface area contributed by atoms with Crippen LogP contribution in [0.5, 0.6) is 0 Å². The van der Waals surface area contributed by atoms with Crippen LogP contribution in [0.1, 0.15) is 69.0 Å². The Morgan fingerprint density at radius 2 is 1.77 bits per heavy atom. The molecule has 0 saturated heterocycles. The minimum absolute atomic E-state index is 0.0902. The molecule has 1 atom stereocenters. The molecule has 2 aromatic carbocycles. The molecule has 0 unspecified atom stereocenters. The molecule has 5 nitrogen and oxygen atoms in total. The zero-order chi connectivity index (χ0) is 21.8. The first kappa shape index (κ1) is 21.3. The number of hydrogen-bond acceptors (Lipinski definition) is 3. The Hall–Kier alpha value is -2.95. The number of rotatable bonds is 6. The molecule has 1 aromatic heterocycles. The molecule has 31 heavy (non-hydrogen) atoms. The van der Waals surface area contributed by atoms with Crippen LogP contribution in [0.2, 0.25) is 0 Å². The molecule has 1 heterocycles. The van der Waals surface area contributed by atoms with E-state index in [0.717, 1.165) is 10.9 Å². The SMILES string of the molecule is CC(C)[C@@H](NC(=O)Cn1ncc2ccccc2c1=O)c1ccc(C2CCCCC2)cc1. The van der Waals surface area contributed by atoms with Crippen molar-refractivity contribution in [3.63, 3.8) is 0 Å². The van der Waals surface area contributed by atoms with Gasteiger partial charge >= 0.3 is 0 Å². The summed E-state index contributed by atoms with van der Waals surface area (Å²) in [7, 11) is 0. The summed E-state index contributed by atoms with van der Waals surface area (Å²) in [5.41, 5.74) is 2.26. The van der Waals surface area contributed by atoms with Crippen LogP contribution in [0.3, 0.4) is 0 Å². The predicted octanol–water partition coefficient (Wildman–Crippen LogP) is 4.96. The standard InChI is InChI=1S/C26H31N3O2/c1-18(2)25(21-14-12-20(13-15-21)19-8-4-3-5-9-19)28-24(30)17-29-26(31)23-11-7-6-10-22(23)16-27-29/h6-7,10-16,18-19,25H,3-5,8-9,17H2,1-2H3,(H,28,30)/t25-/m1/s1. The van der Waals surface area contributed by atoms with Gasteiger partial charge in [-0.25, -0.2) is 4.68 Å². The molecule has 0 aliphatic heterocycles. The summed E-state index contributed by atoms with van der Waals surface area (Å²) < 4.78 is 1.24. The monoisotopic (exact) mass is 417 g/mol. The van der Waals surface area contributed by atoms with Crippen molar-refractivity contribution in [3.05, 3.63) is 76.2 Å². The highest BCUT2D eigenvalue weighted by Crippen LogP contribution is 2.33. The second-order valence-corrected chi connectivity index (χ2v) is 8.99. The number of amides is 1. The van der Waals surface area contributed by atoms with Gasteiger partial charge in [0.05, 0.1) is 17.6 Å². The fraction of sp³-hybridized carbons (Fsp3) is 0.423. The van der Waals surface area contributed by atoms with Crippen LogP contribution in [-0.4, -0.2) is 15.7 Å². The summed E-state index contributed by atoms with van der Waals surface area (Å²) in [5.74, 6) is 0.687. The zero-order valence-corrected chi connectivity index (χ0v) is 18.4. The molecular weight excluding hydrogens is 386 g/mol. The topological polar surface area (TPSA) is 64.0 Å². The van der Waals surface area contributed by atoms with Crippen LogP contribution in [0.4, 0.5) is 0 Å². The molecule has 0 spiro atoms. The summed E-state index contributed by atoms with van der Waals surface area (Å²) in [6, 6.07) is 15.9. The molecule has 1 saturated carbocycles. The van der Waals surface area contributed by atoms with Crippen molar-refractivity contribution in [2.45, 2.75) is 64.5 Å². The first-order valence-corrected chi connectivity index (χ1v) is 11.4. The number of carbonyl (C=O) groups excluding carboxylic acids is 1. The van der Waals surface area contributed by atoms with E-state index in [0.29, 0.717) is 11.3 Å². The molecule has 1 aliphatic carbocycles. The Labute approximate surface area is 183 Å². The zero-order valence-electron chi connectivity index (χ0n) is 18.4. The van der Waals surface area contributed by atoms with Gasteiger partial charge in [0.2, 0.25) is 5.91 Å². The van der Waals surface area contributed by atoms with Crippen molar-refractivity contribution in [1.29, 1.82) is 0 Å². The second-order valence-electron chi connectivity index (χ2n) is 8.99. The molecule has 4 rings (SSSR count). The molecule has 5 heteroatoms. The molecular formula is C26H31N3O2. The van der Waals surface area contributed by atoms with Crippen LogP contribution in [0, 0.1) is 5.92 Å². The second kappa shape index (κ2) is 9.46. The van der Waals surface area contributed by atoms with Crippen LogP contribution in [0.15, 0.2) is 59.5 Å². The van der Waals surface area contributed by atoms with E-state index in [1.807, 2.05) is 18.2 Å². The summed E-state index contributed by atoms with van der Waals surface area (Å²) in [6.45, 7) is 4.11. The fourth-order valence-electron chi connectivity index (χ4n) is 4.64. The highest BCUT2D eigenvalue weighted by atomic mass is 16.2. The fourth-order valence-corrected chi connectivity index (χ4v) is 4.64. The van der Waals surface area contributed by atoms with Crippen molar-refractivity contribution in [2.24, 2.45) is 5.92 Å². The average molecular weight is 418 g/mol. The highest BCUT2D eigenvalue weighted by molar-refractivity contribution is 5.81. The minimum atomic E-state index is -0.244. The van der Waals surface area contributed by atoms with Crippen LogP contribution in [0.25, 0.3) is 10.8 Å². The summed E-state index contributed by atoms with van der Waals surface area (Å²) in [4.78, 5) is 25.5. The van der Waals surface area contributed by atoms with E-state index < -0.39 is 0 Å². The molecule has 1 aliphatic rings. The maximum absolute atomic E-state index is 12.8. The van der Waals surface area contributed by atoms with Gasteiger partial charge in [0, 0.05) is 5.39 Å². The van der Waals surface area contributed by atoms with Crippen molar-refractivity contribution in [1.82, 2.24) is 15.1 Å². The highest BCUT2D eigenvalue weighted by Gasteiger charge is 2.21. The number of fused-ring (bicyclic) bond motifs is 1. The lowest BCUT2D eigenvalue weighted by molar-refractivity contribution is -0.123. The minimum Gasteiger partial charge on any atom is -0.347 e. The number of hydrogen-bond donors (Lipinski definition) is 1. The Balaban J connectivity index is 1.47. The molecule has 162 valence electrons. The first-order chi connectivity index (χ1) is 15.0. The van der Waals surface area contributed by atoms with E-state index in [1.54, 1.807) is 12.3 Å². The Morgan fingerprint density at radius 3 is 2.48 bits per heavy atom. The van der Waals surface area contributed by atoms with E-state index in [1.165, 1.54) is 42.3 Å². The third-order valence-electron chi connectivity index (χ3n) is 6.41. The van der Waals surface area contributed by atoms with Gasteiger partial charge in [-0.15, -0.1) is 0 Å². The number of benzene rings is 2. The lowest BCUT2D eigenvalue weighted by atomic mass is 9.83. The van der Waals surface area contributed by atoms with Gasteiger partial charge < -0.3 is 5.32 Å². The molecule has 1 N–H and O–H groups in total. The molecule has 0 bridgehead atoms. The lowest BCUT2D eigenvalue weighted by Crippen LogP contribution is -2.37. The summed E-state index contributed by atoms with van der Waals surface area (Å²) >= 11 is 0. The maximum atomic E-state index is 12.8. The van der Waals surface area contributed by atoms with E-state index in [2.05, 4.69) is 48.5 Å². The van der Waals surface area contributed by atoms with Gasteiger partial charge in [-0.2, -0.15) is 5.10 Å². The van der Waals surface area contributed by atoms with Crippen LogP contribution >= 0.6 is 0 Å². The van der Waals surface area contributed by atoms with Crippen molar-refractivity contribution < 1.29 is 4.79 Å². The largest absolute Gasteiger partial charge is 0.347 e. The number of aromatic nitrogens is 2. The van der Waals surface area contributed by atoms with E-state index in [9.17, 15) is 9.59 Å². The van der Waals surface area contributed by atoms with Gasteiger partial charge in [-0.1, -0.05) is 75.6 Å². The van der Waals surface area contributed by atoms with E-state index in [4.69, 9.17) is 0 Å². The van der Waals surface area contributed by atoms with E-state index >= 15 is 0 Å². The Morgan fingerprint density at radius 1 is 1.06 bits per heavy atom.